The number of hydrogen-bond donors (Lipinski definition) is 2. The van der Waals surface area contributed by atoms with Gasteiger partial charge in [0.15, 0.2) is 5.95 Å². The van der Waals surface area contributed by atoms with Crippen molar-refractivity contribution in [3.05, 3.63) is 24.5 Å². The highest BCUT2D eigenvalue weighted by molar-refractivity contribution is 5.64. The molecule has 2 aromatic rings. The summed E-state index contributed by atoms with van der Waals surface area (Å²) in [7, 11) is 0. The van der Waals surface area contributed by atoms with Gasteiger partial charge in [0, 0.05) is 30.0 Å². The number of aromatic nitrogens is 3. The highest BCUT2D eigenvalue weighted by Crippen LogP contribution is 2.24. The Kier molecular flexibility index (Phi) is 3.74. The van der Waals surface area contributed by atoms with Crippen molar-refractivity contribution < 1.29 is 0 Å². The Morgan fingerprint density at radius 3 is 2.42 bits per heavy atom. The molecule has 2 aromatic heterocycles. The van der Waals surface area contributed by atoms with Crippen molar-refractivity contribution in [3.8, 4) is 11.3 Å². The summed E-state index contributed by atoms with van der Waals surface area (Å²) >= 11 is 0. The van der Waals surface area contributed by atoms with Crippen LogP contribution in [0.5, 0.6) is 0 Å². The van der Waals surface area contributed by atoms with Crippen LogP contribution in [-0.4, -0.2) is 27.0 Å². The number of nitrogens with one attached hydrogen (secondary N) is 1. The molecule has 5 nitrogen and oxygen atoms in total. The van der Waals surface area contributed by atoms with Gasteiger partial charge in [-0.15, -0.1) is 0 Å². The van der Waals surface area contributed by atoms with Gasteiger partial charge in [0.2, 0.25) is 0 Å². The first-order chi connectivity index (χ1) is 8.99. The third-order valence-corrected chi connectivity index (χ3v) is 3.02. The van der Waals surface area contributed by atoms with Gasteiger partial charge in [-0.3, -0.25) is 0 Å². The number of aromatic amines is 1. The van der Waals surface area contributed by atoms with Gasteiger partial charge < -0.3 is 15.6 Å². The number of pyridine rings is 1. The van der Waals surface area contributed by atoms with Crippen molar-refractivity contribution in [1.29, 1.82) is 0 Å². The fourth-order valence-electron chi connectivity index (χ4n) is 2.33. The monoisotopic (exact) mass is 259 g/mol. The van der Waals surface area contributed by atoms with Crippen LogP contribution in [0.1, 0.15) is 27.7 Å². The van der Waals surface area contributed by atoms with E-state index in [9.17, 15) is 0 Å². The van der Waals surface area contributed by atoms with Crippen molar-refractivity contribution in [1.82, 2.24) is 15.0 Å². The number of anilines is 2. The zero-order valence-corrected chi connectivity index (χ0v) is 11.9. The lowest BCUT2D eigenvalue weighted by Crippen LogP contribution is -2.37. The second-order valence-corrected chi connectivity index (χ2v) is 5.17. The second kappa shape index (κ2) is 5.30. The molecule has 0 aromatic carbocycles. The molecule has 0 fully saturated rings. The normalized spacial score (nSPS) is 11.3. The molecule has 0 saturated heterocycles. The van der Waals surface area contributed by atoms with Gasteiger partial charge in [-0.25, -0.2) is 9.97 Å². The SMILES string of the molecule is CC(C)N(c1cc(-c2c[nH]c(N)n2)ccn1)C(C)C. The fraction of sp³-hybridized carbons (Fsp3) is 0.429. The minimum Gasteiger partial charge on any atom is -0.369 e. The lowest BCUT2D eigenvalue weighted by Gasteiger charge is -2.32. The molecule has 102 valence electrons. The van der Waals surface area contributed by atoms with Crippen LogP contribution in [0.25, 0.3) is 11.3 Å². The van der Waals surface area contributed by atoms with Gasteiger partial charge in [0.1, 0.15) is 5.82 Å². The maximum absolute atomic E-state index is 5.62. The summed E-state index contributed by atoms with van der Waals surface area (Å²) in [6.45, 7) is 8.67. The molecule has 2 heterocycles. The molecular weight excluding hydrogens is 238 g/mol. The van der Waals surface area contributed by atoms with Crippen molar-refractivity contribution in [2.45, 2.75) is 39.8 Å². The maximum atomic E-state index is 5.62. The molecule has 0 saturated carbocycles. The lowest BCUT2D eigenvalue weighted by molar-refractivity contribution is 0.600. The van der Waals surface area contributed by atoms with Gasteiger partial charge in [0.25, 0.3) is 0 Å². The standard InChI is InChI=1S/C14H21N5/c1-9(2)19(10(3)4)13-7-11(5-6-16-13)12-8-17-14(15)18-12/h5-10H,1-4H3,(H3,15,17,18). The van der Waals surface area contributed by atoms with Gasteiger partial charge in [-0.1, -0.05) is 0 Å². The van der Waals surface area contributed by atoms with Crippen molar-refractivity contribution >= 4 is 11.8 Å². The van der Waals surface area contributed by atoms with Crippen LogP contribution < -0.4 is 10.6 Å². The molecule has 0 spiro atoms. The van der Waals surface area contributed by atoms with E-state index < -0.39 is 0 Å². The van der Waals surface area contributed by atoms with Crippen LogP contribution in [0.4, 0.5) is 11.8 Å². The molecule has 0 bridgehead atoms. The average Bonchev–Trinajstić information content (AvgIpc) is 2.75. The minimum atomic E-state index is 0.395. The Labute approximate surface area is 113 Å². The van der Waals surface area contributed by atoms with Gasteiger partial charge in [0.05, 0.1) is 5.69 Å². The number of imidazole rings is 1. The molecule has 5 heteroatoms. The van der Waals surface area contributed by atoms with E-state index >= 15 is 0 Å². The van der Waals surface area contributed by atoms with Crippen LogP contribution in [0.15, 0.2) is 24.5 Å². The minimum absolute atomic E-state index is 0.395. The Morgan fingerprint density at radius 2 is 1.89 bits per heavy atom. The van der Waals surface area contributed by atoms with Gasteiger partial charge >= 0.3 is 0 Å². The van der Waals surface area contributed by atoms with E-state index in [1.807, 2.05) is 18.5 Å². The zero-order chi connectivity index (χ0) is 14.0. The van der Waals surface area contributed by atoms with Crippen LogP contribution >= 0.6 is 0 Å². The quantitative estimate of drug-likeness (QED) is 0.885. The van der Waals surface area contributed by atoms with E-state index in [2.05, 4.69) is 53.6 Å². The Bertz CT molecular complexity index is 536. The van der Waals surface area contributed by atoms with Crippen LogP contribution in [0.2, 0.25) is 0 Å². The van der Waals surface area contributed by atoms with E-state index in [1.54, 1.807) is 0 Å². The molecule has 0 unspecified atom stereocenters. The Balaban J connectivity index is 2.38. The number of rotatable bonds is 4. The van der Waals surface area contributed by atoms with E-state index in [1.165, 1.54) is 0 Å². The maximum Gasteiger partial charge on any atom is 0.198 e. The molecule has 0 aliphatic heterocycles. The fourth-order valence-corrected chi connectivity index (χ4v) is 2.33. The molecule has 3 N–H and O–H groups in total. The number of nitrogen functional groups attached to an aromatic ring is 1. The van der Waals surface area contributed by atoms with E-state index in [0.717, 1.165) is 17.1 Å². The van der Waals surface area contributed by atoms with Crippen molar-refractivity contribution in [2.75, 3.05) is 10.6 Å². The number of H-pyrrole nitrogens is 1. The molecule has 2 rings (SSSR count). The summed E-state index contributed by atoms with van der Waals surface area (Å²) in [5.74, 6) is 1.39. The Morgan fingerprint density at radius 1 is 1.21 bits per heavy atom. The third-order valence-electron chi connectivity index (χ3n) is 3.02. The zero-order valence-electron chi connectivity index (χ0n) is 11.9. The van der Waals surface area contributed by atoms with Crippen molar-refractivity contribution in [3.63, 3.8) is 0 Å². The first kappa shape index (κ1) is 13.4. The summed E-state index contributed by atoms with van der Waals surface area (Å²) in [5, 5.41) is 0. The molecule has 0 atom stereocenters. The predicted octanol–water partition coefficient (Wildman–Crippen LogP) is 2.68. The van der Waals surface area contributed by atoms with E-state index in [4.69, 9.17) is 5.73 Å². The number of nitrogens with zero attached hydrogens (tertiary/aromatic N) is 3. The van der Waals surface area contributed by atoms with Crippen LogP contribution in [0, 0.1) is 0 Å². The molecular formula is C14H21N5. The highest BCUT2D eigenvalue weighted by Gasteiger charge is 2.16. The van der Waals surface area contributed by atoms with Crippen molar-refractivity contribution in [2.24, 2.45) is 0 Å². The smallest absolute Gasteiger partial charge is 0.198 e. The van der Waals surface area contributed by atoms with E-state index in [0.29, 0.717) is 18.0 Å². The Hall–Kier alpha value is -2.04. The molecule has 0 radical (unpaired) electrons. The predicted molar refractivity (Wildman–Crippen MR) is 79.0 cm³/mol. The number of hydrogen-bond acceptors (Lipinski definition) is 4. The lowest BCUT2D eigenvalue weighted by atomic mass is 10.1. The molecule has 0 aliphatic carbocycles. The third kappa shape index (κ3) is 2.86. The van der Waals surface area contributed by atoms with Crippen LogP contribution in [-0.2, 0) is 0 Å². The summed E-state index contributed by atoms with van der Waals surface area (Å²) < 4.78 is 0. The number of nitrogens with two attached hydrogens (primary N) is 1. The molecule has 0 aliphatic rings. The summed E-state index contributed by atoms with van der Waals surface area (Å²) in [6, 6.07) is 4.78. The van der Waals surface area contributed by atoms with E-state index in [-0.39, 0.29) is 0 Å². The van der Waals surface area contributed by atoms with Crippen LogP contribution in [0.3, 0.4) is 0 Å². The second-order valence-electron chi connectivity index (χ2n) is 5.17. The molecule has 0 amide bonds. The largest absolute Gasteiger partial charge is 0.369 e. The highest BCUT2D eigenvalue weighted by atomic mass is 15.2. The summed E-state index contributed by atoms with van der Waals surface area (Å²) in [6.07, 6.45) is 3.62. The summed E-state index contributed by atoms with van der Waals surface area (Å²) in [5.41, 5.74) is 7.48. The van der Waals surface area contributed by atoms with Gasteiger partial charge in [-0.05, 0) is 39.8 Å². The average molecular weight is 259 g/mol. The molecule has 19 heavy (non-hydrogen) atoms. The first-order valence-corrected chi connectivity index (χ1v) is 6.54. The summed E-state index contributed by atoms with van der Waals surface area (Å²) in [4.78, 5) is 13.9. The first-order valence-electron chi connectivity index (χ1n) is 6.54. The van der Waals surface area contributed by atoms with Gasteiger partial charge in [-0.2, -0.15) is 0 Å². The topological polar surface area (TPSA) is 70.8 Å².